The molecule has 3 rings (SSSR count). The molecule has 0 bridgehead atoms. The normalized spacial score (nSPS) is 10.8. The van der Waals surface area contributed by atoms with E-state index in [0.29, 0.717) is 17.1 Å². The molecule has 0 saturated heterocycles. The molecule has 134 valence electrons. The summed E-state index contributed by atoms with van der Waals surface area (Å²) in [5, 5.41) is 6.55. The fraction of sp³-hybridized carbons (Fsp3) is 0.111. The average Bonchev–Trinajstić information content (AvgIpc) is 2.99. The van der Waals surface area contributed by atoms with Gasteiger partial charge in [-0.25, -0.2) is 0 Å². The first-order chi connectivity index (χ1) is 12.5. The number of hydrogen-bond donors (Lipinski definition) is 1. The molecule has 0 unspecified atom stereocenters. The molecule has 0 fully saturated rings. The third-order valence-corrected chi connectivity index (χ3v) is 3.84. The van der Waals surface area contributed by atoms with Crippen molar-refractivity contribution in [3.05, 3.63) is 64.9 Å². The minimum Gasteiger partial charge on any atom is -0.433 e. The number of rotatable bonds is 5. The first-order valence-corrected chi connectivity index (χ1v) is 7.91. The maximum absolute atomic E-state index is 12.7. The van der Waals surface area contributed by atoms with E-state index in [1.807, 2.05) is 18.2 Å². The van der Waals surface area contributed by atoms with Gasteiger partial charge >= 0.3 is 6.61 Å². The highest BCUT2D eigenvalue weighted by atomic mass is 35.5. The number of carbonyl (C=O) groups excluding carboxylic acids is 1. The Morgan fingerprint density at radius 2 is 1.96 bits per heavy atom. The van der Waals surface area contributed by atoms with Crippen LogP contribution in [0.15, 0.2) is 53.1 Å². The summed E-state index contributed by atoms with van der Waals surface area (Å²) in [5.74, 6) is -0.280. The Bertz CT molecular complexity index is 929. The Kier molecular flexibility index (Phi) is 5.18. The topological polar surface area (TPSA) is 64.4 Å². The zero-order valence-electron chi connectivity index (χ0n) is 13.5. The second-order valence-electron chi connectivity index (χ2n) is 5.31. The standard InChI is InChI=1S/C18H13ClF2N2O3/c1-10-15(16(23-26-10)11-5-3-2-4-6-11)17(24)22-12-7-8-14(13(19)9-12)25-18(20)21/h2-9,18H,1H3,(H,22,24). The molecule has 0 aliphatic rings. The lowest BCUT2D eigenvalue weighted by Crippen LogP contribution is -2.13. The van der Waals surface area contributed by atoms with Crippen molar-refractivity contribution in [3.63, 3.8) is 0 Å². The lowest BCUT2D eigenvalue weighted by molar-refractivity contribution is -0.0497. The summed E-state index contributed by atoms with van der Waals surface area (Å²) in [4.78, 5) is 12.7. The average molecular weight is 379 g/mol. The number of aromatic nitrogens is 1. The number of aryl methyl sites for hydroxylation is 1. The monoisotopic (exact) mass is 378 g/mol. The van der Waals surface area contributed by atoms with Crippen LogP contribution in [0, 0.1) is 6.92 Å². The van der Waals surface area contributed by atoms with Crippen molar-refractivity contribution in [1.29, 1.82) is 0 Å². The van der Waals surface area contributed by atoms with Crippen LogP contribution in [0.2, 0.25) is 5.02 Å². The first-order valence-electron chi connectivity index (χ1n) is 7.53. The van der Waals surface area contributed by atoms with E-state index in [9.17, 15) is 13.6 Å². The number of hydrogen-bond acceptors (Lipinski definition) is 4. The Morgan fingerprint density at radius 3 is 2.62 bits per heavy atom. The molecule has 1 amide bonds. The van der Waals surface area contributed by atoms with Crippen LogP contribution in [0.5, 0.6) is 5.75 Å². The number of benzene rings is 2. The van der Waals surface area contributed by atoms with E-state index in [-0.39, 0.29) is 16.3 Å². The van der Waals surface area contributed by atoms with Crippen molar-refractivity contribution < 1.29 is 22.8 Å². The van der Waals surface area contributed by atoms with E-state index in [1.54, 1.807) is 19.1 Å². The summed E-state index contributed by atoms with van der Waals surface area (Å²) in [6, 6.07) is 13.1. The Hall–Kier alpha value is -2.93. The van der Waals surface area contributed by atoms with Crippen LogP contribution in [-0.4, -0.2) is 17.7 Å². The number of nitrogens with one attached hydrogen (secondary N) is 1. The van der Waals surface area contributed by atoms with Crippen LogP contribution < -0.4 is 10.1 Å². The second kappa shape index (κ2) is 7.53. The highest BCUT2D eigenvalue weighted by Crippen LogP contribution is 2.30. The smallest absolute Gasteiger partial charge is 0.387 e. The molecule has 0 atom stereocenters. The van der Waals surface area contributed by atoms with Gasteiger partial charge in [0.05, 0.1) is 5.02 Å². The van der Waals surface area contributed by atoms with Crippen molar-refractivity contribution in [2.24, 2.45) is 0 Å². The van der Waals surface area contributed by atoms with Crippen LogP contribution in [-0.2, 0) is 0 Å². The lowest BCUT2D eigenvalue weighted by Gasteiger charge is -2.10. The predicted molar refractivity (Wildman–Crippen MR) is 92.7 cm³/mol. The number of carbonyl (C=O) groups is 1. The first kappa shape index (κ1) is 17.9. The van der Waals surface area contributed by atoms with Gasteiger partial charge in [0.2, 0.25) is 0 Å². The Balaban J connectivity index is 1.85. The summed E-state index contributed by atoms with van der Waals surface area (Å²) in [6.07, 6.45) is 0. The van der Waals surface area contributed by atoms with Gasteiger partial charge in [-0.2, -0.15) is 8.78 Å². The minimum absolute atomic E-state index is 0.0478. The molecule has 0 spiro atoms. The fourth-order valence-corrected chi connectivity index (χ4v) is 2.62. The molecule has 2 aromatic carbocycles. The van der Waals surface area contributed by atoms with Crippen LogP contribution in [0.3, 0.4) is 0 Å². The summed E-state index contributed by atoms with van der Waals surface area (Å²) in [7, 11) is 0. The third-order valence-electron chi connectivity index (χ3n) is 3.54. The molecule has 0 radical (unpaired) electrons. The molecule has 1 heterocycles. The molecular formula is C18H13ClF2N2O3. The molecule has 3 aromatic rings. The lowest BCUT2D eigenvalue weighted by atomic mass is 10.1. The van der Waals surface area contributed by atoms with E-state index >= 15 is 0 Å². The van der Waals surface area contributed by atoms with Crippen LogP contribution >= 0.6 is 11.6 Å². The number of halogens is 3. The highest BCUT2D eigenvalue weighted by molar-refractivity contribution is 6.32. The van der Waals surface area contributed by atoms with E-state index in [4.69, 9.17) is 16.1 Å². The number of anilines is 1. The molecule has 26 heavy (non-hydrogen) atoms. The minimum atomic E-state index is -2.99. The Labute approximate surface area is 152 Å². The van der Waals surface area contributed by atoms with Gasteiger partial charge in [-0.3, -0.25) is 4.79 Å². The molecule has 0 saturated carbocycles. The molecular weight excluding hydrogens is 366 g/mol. The van der Waals surface area contributed by atoms with E-state index in [0.717, 1.165) is 5.56 Å². The van der Waals surface area contributed by atoms with Gasteiger partial charge in [-0.15, -0.1) is 0 Å². The van der Waals surface area contributed by atoms with E-state index in [2.05, 4.69) is 15.2 Å². The highest BCUT2D eigenvalue weighted by Gasteiger charge is 2.22. The van der Waals surface area contributed by atoms with Gasteiger partial charge in [0, 0.05) is 11.3 Å². The van der Waals surface area contributed by atoms with Crippen molar-refractivity contribution in [2.45, 2.75) is 13.5 Å². The van der Waals surface area contributed by atoms with Gasteiger partial charge in [-0.1, -0.05) is 47.1 Å². The fourth-order valence-electron chi connectivity index (χ4n) is 2.40. The SMILES string of the molecule is Cc1onc(-c2ccccc2)c1C(=O)Nc1ccc(OC(F)F)c(Cl)c1. The molecule has 1 N–H and O–H groups in total. The molecule has 0 aliphatic carbocycles. The predicted octanol–water partition coefficient (Wildman–Crippen LogP) is 5.16. The quantitative estimate of drug-likeness (QED) is 0.666. The number of amides is 1. The maximum Gasteiger partial charge on any atom is 0.387 e. The van der Waals surface area contributed by atoms with Gasteiger partial charge in [0.25, 0.3) is 5.91 Å². The van der Waals surface area contributed by atoms with E-state index in [1.165, 1.54) is 18.2 Å². The summed E-state index contributed by atoms with van der Waals surface area (Å²) >= 11 is 5.90. The zero-order chi connectivity index (χ0) is 18.7. The molecule has 8 heteroatoms. The van der Waals surface area contributed by atoms with Crippen molar-refractivity contribution >= 4 is 23.2 Å². The summed E-state index contributed by atoms with van der Waals surface area (Å²) in [6.45, 7) is -1.36. The third kappa shape index (κ3) is 3.83. The van der Waals surface area contributed by atoms with Crippen LogP contribution in [0.1, 0.15) is 16.1 Å². The number of alkyl halides is 2. The largest absolute Gasteiger partial charge is 0.433 e. The molecule has 5 nitrogen and oxygen atoms in total. The number of nitrogens with zero attached hydrogens (tertiary/aromatic N) is 1. The van der Waals surface area contributed by atoms with Gasteiger partial charge < -0.3 is 14.6 Å². The van der Waals surface area contributed by atoms with Crippen LogP contribution in [0.4, 0.5) is 14.5 Å². The molecule has 1 aromatic heterocycles. The van der Waals surface area contributed by atoms with E-state index < -0.39 is 12.5 Å². The number of ether oxygens (including phenoxy) is 1. The van der Waals surface area contributed by atoms with Crippen LogP contribution in [0.25, 0.3) is 11.3 Å². The summed E-state index contributed by atoms with van der Waals surface area (Å²) in [5.41, 5.74) is 1.74. The van der Waals surface area contributed by atoms with Crippen molar-refractivity contribution in [1.82, 2.24) is 5.16 Å². The van der Waals surface area contributed by atoms with Gasteiger partial charge in [0.15, 0.2) is 0 Å². The van der Waals surface area contributed by atoms with Gasteiger partial charge in [-0.05, 0) is 25.1 Å². The van der Waals surface area contributed by atoms with Crippen molar-refractivity contribution in [3.8, 4) is 17.0 Å². The molecule has 0 aliphatic heterocycles. The van der Waals surface area contributed by atoms with Crippen molar-refractivity contribution in [2.75, 3.05) is 5.32 Å². The second-order valence-corrected chi connectivity index (χ2v) is 5.71. The zero-order valence-corrected chi connectivity index (χ0v) is 14.3. The van der Waals surface area contributed by atoms with Gasteiger partial charge in [0.1, 0.15) is 22.8 Å². The summed E-state index contributed by atoms with van der Waals surface area (Å²) < 4.78 is 34.0. The Morgan fingerprint density at radius 1 is 1.23 bits per heavy atom. The maximum atomic E-state index is 12.7.